The van der Waals surface area contributed by atoms with Gasteiger partial charge in [-0.3, -0.25) is 9.69 Å². The zero-order valence-electron chi connectivity index (χ0n) is 17.3. The van der Waals surface area contributed by atoms with Crippen molar-refractivity contribution in [3.8, 4) is 0 Å². The molecule has 1 N–H and O–H groups in total. The number of aromatic nitrogens is 3. The highest BCUT2D eigenvalue weighted by atomic mass is 16.3. The molecule has 0 saturated carbocycles. The van der Waals surface area contributed by atoms with Gasteiger partial charge in [-0.05, 0) is 67.9 Å². The smallest absolute Gasteiger partial charge is 0.251 e. The molecular formula is C24H25N5O2. The zero-order valence-corrected chi connectivity index (χ0v) is 17.3. The molecule has 2 aromatic heterocycles. The minimum atomic E-state index is -0.0755. The van der Waals surface area contributed by atoms with Gasteiger partial charge in [0.1, 0.15) is 11.3 Å². The van der Waals surface area contributed by atoms with Gasteiger partial charge in [-0.15, -0.1) is 5.10 Å². The minimum absolute atomic E-state index is 0.0707. The van der Waals surface area contributed by atoms with Crippen molar-refractivity contribution in [2.45, 2.75) is 25.4 Å². The molecule has 0 aliphatic carbocycles. The summed E-state index contributed by atoms with van der Waals surface area (Å²) in [7, 11) is 0. The van der Waals surface area contributed by atoms with Gasteiger partial charge in [0, 0.05) is 12.1 Å². The van der Waals surface area contributed by atoms with Crippen LogP contribution >= 0.6 is 0 Å². The molecule has 1 atom stereocenters. The number of amides is 1. The number of carbonyl (C=O) groups excluding carboxylic acids is 1. The van der Waals surface area contributed by atoms with E-state index >= 15 is 0 Å². The average molecular weight is 415 g/mol. The maximum absolute atomic E-state index is 12.7. The van der Waals surface area contributed by atoms with E-state index in [2.05, 4.69) is 20.5 Å². The number of nitrogens with one attached hydrogen (secondary N) is 1. The summed E-state index contributed by atoms with van der Waals surface area (Å²) in [6, 6.07) is 19.5. The molecule has 0 bridgehead atoms. The first kappa shape index (κ1) is 19.5. The van der Waals surface area contributed by atoms with Crippen molar-refractivity contribution < 1.29 is 9.21 Å². The van der Waals surface area contributed by atoms with Gasteiger partial charge in [-0.25, -0.2) is 4.68 Å². The summed E-state index contributed by atoms with van der Waals surface area (Å²) >= 11 is 0. The predicted molar refractivity (Wildman–Crippen MR) is 118 cm³/mol. The number of fused-ring (bicyclic) bond motifs is 1. The lowest BCUT2D eigenvalue weighted by Gasteiger charge is -2.26. The summed E-state index contributed by atoms with van der Waals surface area (Å²) in [5.74, 6) is 0.825. The lowest BCUT2D eigenvalue weighted by atomic mass is 10.1. The van der Waals surface area contributed by atoms with Gasteiger partial charge < -0.3 is 9.73 Å². The highest BCUT2D eigenvalue weighted by molar-refractivity contribution is 5.94. The minimum Gasteiger partial charge on any atom is -0.468 e. The molecule has 31 heavy (non-hydrogen) atoms. The van der Waals surface area contributed by atoms with Gasteiger partial charge in [0.15, 0.2) is 0 Å². The van der Waals surface area contributed by atoms with E-state index in [1.165, 1.54) is 12.8 Å². The molecule has 0 spiro atoms. The Labute approximate surface area is 180 Å². The monoisotopic (exact) mass is 415 g/mol. The highest BCUT2D eigenvalue weighted by Gasteiger charge is 2.26. The topological polar surface area (TPSA) is 76.2 Å². The molecular weight excluding hydrogens is 390 g/mol. The predicted octanol–water partition coefficient (Wildman–Crippen LogP) is 3.64. The highest BCUT2D eigenvalue weighted by Crippen LogP contribution is 2.25. The van der Waals surface area contributed by atoms with Gasteiger partial charge in [0.05, 0.1) is 24.4 Å². The van der Waals surface area contributed by atoms with Crippen LogP contribution < -0.4 is 5.32 Å². The van der Waals surface area contributed by atoms with E-state index in [1.54, 1.807) is 6.26 Å². The molecule has 7 heteroatoms. The van der Waals surface area contributed by atoms with Crippen molar-refractivity contribution in [2.75, 3.05) is 19.6 Å². The van der Waals surface area contributed by atoms with Crippen LogP contribution in [0.2, 0.25) is 0 Å². The van der Waals surface area contributed by atoms with Crippen LogP contribution in [0.3, 0.4) is 0 Å². The number of carbonyl (C=O) groups is 1. The largest absolute Gasteiger partial charge is 0.468 e. The van der Waals surface area contributed by atoms with Crippen molar-refractivity contribution in [1.82, 2.24) is 25.2 Å². The number of benzene rings is 2. The van der Waals surface area contributed by atoms with Crippen molar-refractivity contribution in [2.24, 2.45) is 0 Å². The lowest BCUT2D eigenvalue weighted by Crippen LogP contribution is -2.36. The van der Waals surface area contributed by atoms with Crippen molar-refractivity contribution >= 4 is 16.9 Å². The fraction of sp³-hybridized carbons (Fsp3) is 0.292. The van der Waals surface area contributed by atoms with Crippen LogP contribution in [-0.4, -0.2) is 45.4 Å². The molecule has 0 radical (unpaired) electrons. The maximum Gasteiger partial charge on any atom is 0.251 e. The molecule has 3 heterocycles. The molecule has 0 unspecified atom stereocenters. The van der Waals surface area contributed by atoms with Gasteiger partial charge in [-0.2, -0.15) is 0 Å². The third-order valence-electron chi connectivity index (χ3n) is 5.88. The fourth-order valence-corrected chi connectivity index (χ4v) is 4.20. The van der Waals surface area contributed by atoms with E-state index in [0.717, 1.165) is 35.4 Å². The fourth-order valence-electron chi connectivity index (χ4n) is 4.20. The summed E-state index contributed by atoms with van der Waals surface area (Å²) in [5, 5.41) is 11.5. The van der Waals surface area contributed by atoms with E-state index < -0.39 is 0 Å². The van der Waals surface area contributed by atoms with E-state index in [1.807, 2.05) is 65.3 Å². The van der Waals surface area contributed by atoms with Crippen LogP contribution in [0.25, 0.3) is 11.0 Å². The number of rotatable bonds is 7. The van der Waals surface area contributed by atoms with E-state index in [9.17, 15) is 4.79 Å². The Balaban J connectivity index is 1.23. The number of nitrogens with zero attached hydrogens (tertiary/aromatic N) is 4. The molecule has 1 amide bonds. The molecule has 5 rings (SSSR count). The summed E-state index contributed by atoms with van der Waals surface area (Å²) in [4.78, 5) is 15.1. The van der Waals surface area contributed by atoms with Crippen LogP contribution in [0.4, 0.5) is 0 Å². The summed E-state index contributed by atoms with van der Waals surface area (Å²) in [6.07, 6.45) is 4.07. The van der Waals surface area contributed by atoms with Crippen LogP contribution in [-0.2, 0) is 6.54 Å². The number of hydrogen-bond donors (Lipinski definition) is 1. The second kappa shape index (κ2) is 8.73. The van der Waals surface area contributed by atoms with Crippen LogP contribution in [0.1, 0.15) is 40.6 Å². The Bertz CT molecular complexity index is 1140. The Morgan fingerprint density at radius 2 is 1.84 bits per heavy atom. The third-order valence-corrected chi connectivity index (χ3v) is 5.88. The molecule has 4 aromatic rings. The number of para-hydroxylation sites is 1. The van der Waals surface area contributed by atoms with Gasteiger partial charge in [-0.1, -0.05) is 29.5 Å². The van der Waals surface area contributed by atoms with Crippen LogP contribution in [0, 0.1) is 0 Å². The average Bonchev–Trinajstić information content (AvgIpc) is 3.58. The molecule has 158 valence electrons. The van der Waals surface area contributed by atoms with Gasteiger partial charge >= 0.3 is 0 Å². The van der Waals surface area contributed by atoms with E-state index in [-0.39, 0.29) is 11.9 Å². The first-order valence-corrected chi connectivity index (χ1v) is 10.7. The first-order chi connectivity index (χ1) is 15.3. The van der Waals surface area contributed by atoms with Crippen molar-refractivity contribution in [1.29, 1.82) is 0 Å². The second-order valence-electron chi connectivity index (χ2n) is 7.92. The first-order valence-electron chi connectivity index (χ1n) is 10.7. The number of furan rings is 1. The molecule has 1 aliphatic rings. The molecule has 7 nitrogen and oxygen atoms in total. The van der Waals surface area contributed by atoms with Crippen molar-refractivity contribution in [3.63, 3.8) is 0 Å². The second-order valence-corrected chi connectivity index (χ2v) is 7.92. The molecule has 2 aromatic carbocycles. The third kappa shape index (κ3) is 4.22. The standard InChI is InChI=1S/C24H25N5O2/c30-24(25-16-22(23-8-5-15-31-23)28-13-3-4-14-28)19-11-9-18(10-12-19)17-29-21-7-2-1-6-20(21)26-27-29/h1-2,5-12,15,22H,3-4,13-14,16-17H2,(H,25,30)/t22-/m0/s1. The van der Waals surface area contributed by atoms with Crippen LogP contribution in [0.15, 0.2) is 71.3 Å². The van der Waals surface area contributed by atoms with E-state index in [0.29, 0.717) is 18.7 Å². The molecule has 1 saturated heterocycles. The van der Waals surface area contributed by atoms with Gasteiger partial charge in [0.2, 0.25) is 0 Å². The molecule has 1 aliphatic heterocycles. The lowest BCUT2D eigenvalue weighted by molar-refractivity contribution is 0.0933. The Morgan fingerprint density at radius 1 is 1.03 bits per heavy atom. The van der Waals surface area contributed by atoms with Crippen LogP contribution in [0.5, 0.6) is 0 Å². The van der Waals surface area contributed by atoms with Crippen molar-refractivity contribution in [3.05, 3.63) is 83.8 Å². The Morgan fingerprint density at radius 3 is 2.61 bits per heavy atom. The molecule has 1 fully saturated rings. The Hall–Kier alpha value is -3.45. The maximum atomic E-state index is 12.7. The summed E-state index contributed by atoms with van der Waals surface area (Å²) in [5.41, 5.74) is 3.59. The number of likely N-dealkylation sites (tertiary alicyclic amines) is 1. The number of hydrogen-bond acceptors (Lipinski definition) is 5. The SMILES string of the molecule is O=C(NC[C@@H](c1ccco1)N1CCCC1)c1ccc(Cn2nnc3ccccc32)cc1. The Kier molecular flexibility index (Phi) is 5.50. The van der Waals surface area contributed by atoms with E-state index in [4.69, 9.17) is 4.42 Å². The summed E-state index contributed by atoms with van der Waals surface area (Å²) < 4.78 is 7.51. The normalized spacial score (nSPS) is 15.4. The summed E-state index contributed by atoms with van der Waals surface area (Å²) in [6.45, 7) is 3.21. The zero-order chi connectivity index (χ0) is 21.0. The quantitative estimate of drug-likeness (QED) is 0.499. The van der Waals surface area contributed by atoms with Gasteiger partial charge in [0.25, 0.3) is 5.91 Å².